The number of hydrogen-bond donors (Lipinski definition) is 0. The van der Waals surface area contributed by atoms with Gasteiger partial charge in [-0.15, -0.1) is 0 Å². The number of rotatable bonds is 7. The molecule has 0 amide bonds. The van der Waals surface area contributed by atoms with Gasteiger partial charge in [0.15, 0.2) is 29.3 Å². The van der Waals surface area contributed by atoms with Crippen LogP contribution in [0.3, 0.4) is 0 Å². The summed E-state index contributed by atoms with van der Waals surface area (Å²) in [5, 5.41) is -0.288. The highest BCUT2D eigenvalue weighted by atomic mass is 32.2. The summed E-state index contributed by atoms with van der Waals surface area (Å²) in [5.74, 6) is 1.53. The second-order valence-electron chi connectivity index (χ2n) is 8.81. The van der Waals surface area contributed by atoms with Gasteiger partial charge in [-0.2, -0.15) is 0 Å². The van der Waals surface area contributed by atoms with Crippen molar-refractivity contribution in [3.8, 4) is 23.3 Å². The first kappa shape index (κ1) is 21.5. The number of benzene rings is 1. The maximum atomic E-state index is 12.5. The van der Waals surface area contributed by atoms with Crippen LogP contribution in [0, 0.1) is 6.92 Å². The fraction of sp³-hybridized carbons (Fsp3) is 0.545. The van der Waals surface area contributed by atoms with Crippen molar-refractivity contribution in [1.82, 2.24) is 14.8 Å². The molecule has 1 aliphatic carbocycles. The smallest absolute Gasteiger partial charge is 0.229 e. The standard InChI is InChI=1S/C22H26BN3O5S/c1-13-21(30-16-9-14-3-4-15(10-16)26(14)23)24-12-25-22(13)31-19-8-7-18(11-20(19)29-2)32(27,28)17-5-6-17/h7-8,11-12,14-17H,3-6,9-10H2,1-2H3/t14-,15?,16?/m0/s1. The Morgan fingerprint density at radius 2 is 1.72 bits per heavy atom. The molecule has 3 fully saturated rings. The molecule has 1 saturated carbocycles. The molecule has 5 rings (SSSR count). The number of hydrogen-bond acceptors (Lipinski definition) is 8. The van der Waals surface area contributed by atoms with Crippen LogP contribution in [0.1, 0.15) is 44.1 Å². The van der Waals surface area contributed by atoms with Gasteiger partial charge in [0.05, 0.1) is 22.8 Å². The van der Waals surface area contributed by atoms with E-state index in [0.717, 1.165) is 25.7 Å². The minimum Gasteiger partial charge on any atom is -0.493 e. The third-order valence-electron chi connectivity index (χ3n) is 6.65. The average Bonchev–Trinajstić information content (AvgIpc) is 3.60. The summed E-state index contributed by atoms with van der Waals surface area (Å²) >= 11 is 0. The minimum absolute atomic E-state index is 0.0511. The predicted octanol–water partition coefficient (Wildman–Crippen LogP) is 2.98. The molecule has 0 N–H and O–H groups in total. The lowest BCUT2D eigenvalue weighted by atomic mass is 9.96. The van der Waals surface area contributed by atoms with Gasteiger partial charge in [-0.05, 0) is 57.6 Å². The zero-order valence-corrected chi connectivity index (χ0v) is 19.0. The van der Waals surface area contributed by atoms with Crippen molar-refractivity contribution in [2.45, 2.75) is 73.8 Å². The lowest BCUT2D eigenvalue weighted by Crippen LogP contribution is -2.44. The first-order valence-electron chi connectivity index (χ1n) is 11.0. The monoisotopic (exact) mass is 455 g/mol. The van der Waals surface area contributed by atoms with Crippen LogP contribution >= 0.6 is 0 Å². The fourth-order valence-electron chi connectivity index (χ4n) is 4.64. The molecule has 2 radical (unpaired) electrons. The predicted molar refractivity (Wildman–Crippen MR) is 118 cm³/mol. The lowest BCUT2D eigenvalue weighted by molar-refractivity contribution is 0.0918. The van der Waals surface area contributed by atoms with Crippen LogP contribution in [0.2, 0.25) is 0 Å². The highest BCUT2D eigenvalue weighted by Gasteiger charge is 2.39. The SMILES string of the molecule is [B]N1C2CC[C@H]1CC(Oc1ncnc(Oc3ccc(S(=O)(=O)C4CC4)cc3OC)c1C)C2. The Kier molecular flexibility index (Phi) is 5.53. The van der Waals surface area contributed by atoms with E-state index in [9.17, 15) is 8.42 Å². The summed E-state index contributed by atoms with van der Waals surface area (Å²) < 4.78 is 42.7. The molecule has 2 bridgehead atoms. The zero-order valence-electron chi connectivity index (χ0n) is 18.2. The third kappa shape index (κ3) is 3.94. The van der Waals surface area contributed by atoms with Gasteiger partial charge in [-0.25, -0.2) is 18.4 Å². The molecule has 10 heteroatoms. The van der Waals surface area contributed by atoms with E-state index >= 15 is 0 Å². The maximum absolute atomic E-state index is 12.5. The van der Waals surface area contributed by atoms with Crippen molar-refractivity contribution >= 4 is 17.8 Å². The average molecular weight is 455 g/mol. The lowest BCUT2D eigenvalue weighted by Gasteiger charge is -2.36. The Morgan fingerprint density at radius 3 is 2.38 bits per heavy atom. The quantitative estimate of drug-likeness (QED) is 0.589. The van der Waals surface area contributed by atoms with Crippen LogP contribution in [0.15, 0.2) is 29.4 Å². The molecule has 0 spiro atoms. The van der Waals surface area contributed by atoms with Crippen molar-refractivity contribution in [2.75, 3.05) is 7.11 Å². The first-order valence-corrected chi connectivity index (χ1v) is 12.5. The second-order valence-corrected chi connectivity index (χ2v) is 11.0. The van der Waals surface area contributed by atoms with Gasteiger partial charge in [0.2, 0.25) is 11.8 Å². The Morgan fingerprint density at radius 1 is 1.03 bits per heavy atom. The van der Waals surface area contributed by atoms with Crippen molar-refractivity contribution in [2.24, 2.45) is 0 Å². The number of fused-ring (bicyclic) bond motifs is 2. The number of aromatic nitrogens is 2. The number of methoxy groups -OCH3 is 1. The van der Waals surface area contributed by atoms with Crippen LogP contribution in [0.25, 0.3) is 0 Å². The van der Waals surface area contributed by atoms with Gasteiger partial charge < -0.3 is 19.0 Å². The number of ether oxygens (including phenoxy) is 3. The molecule has 2 unspecified atom stereocenters. The summed E-state index contributed by atoms with van der Waals surface area (Å²) in [6.07, 6.45) is 6.82. The van der Waals surface area contributed by atoms with Gasteiger partial charge in [-0.1, -0.05) is 0 Å². The van der Waals surface area contributed by atoms with Crippen LogP contribution in [-0.2, 0) is 9.84 Å². The van der Waals surface area contributed by atoms with Gasteiger partial charge in [0.1, 0.15) is 12.4 Å². The molecule has 3 aliphatic rings. The molecule has 3 heterocycles. The molecule has 3 atom stereocenters. The van der Waals surface area contributed by atoms with Crippen molar-refractivity contribution in [1.29, 1.82) is 0 Å². The molecule has 168 valence electrons. The molecule has 2 saturated heterocycles. The van der Waals surface area contributed by atoms with Crippen LogP contribution in [0.5, 0.6) is 23.3 Å². The molecule has 1 aromatic heterocycles. The topological polar surface area (TPSA) is 90.9 Å². The van der Waals surface area contributed by atoms with Crippen LogP contribution < -0.4 is 14.2 Å². The molecular weight excluding hydrogens is 429 g/mol. The minimum atomic E-state index is -3.32. The van der Waals surface area contributed by atoms with E-state index in [2.05, 4.69) is 9.97 Å². The van der Waals surface area contributed by atoms with Crippen LogP contribution in [0.4, 0.5) is 0 Å². The maximum Gasteiger partial charge on any atom is 0.229 e. The van der Waals surface area contributed by atoms with Gasteiger partial charge in [0, 0.05) is 18.2 Å². The van der Waals surface area contributed by atoms with Crippen LogP contribution in [-0.4, -0.2) is 61.7 Å². The normalized spacial score (nSPS) is 25.5. The zero-order chi connectivity index (χ0) is 22.5. The highest BCUT2D eigenvalue weighted by molar-refractivity contribution is 7.92. The van der Waals surface area contributed by atoms with E-state index in [1.807, 2.05) is 11.7 Å². The summed E-state index contributed by atoms with van der Waals surface area (Å²) in [7, 11) is 4.31. The number of nitrogens with zero attached hydrogens (tertiary/aromatic N) is 3. The van der Waals surface area contributed by atoms with E-state index < -0.39 is 9.84 Å². The summed E-state index contributed by atoms with van der Waals surface area (Å²) in [6.45, 7) is 1.84. The Balaban J connectivity index is 1.35. The van der Waals surface area contributed by atoms with Crippen molar-refractivity contribution in [3.05, 3.63) is 30.1 Å². The van der Waals surface area contributed by atoms with E-state index in [4.69, 9.17) is 22.2 Å². The summed E-state index contributed by atoms with van der Waals surface area (Å²) in [4.78, 5) is 10.8. The second kappa shape index (κ2) is 8.22. The third-order valence-corrected chi connectivity index (χ3v) is 8.91. The summed E-state index contributed by atoms with van der Waals surface area (Å²) in [6, 6.07) is 5.37. The fourth-order valence-corrected chi connectivity index (χ4v) is 6.31. The molecule has 2 aromatic rings. The number of sulfone groups is 1. The van der Waals surface area contributed by atoms with E-state index in [1.54, 1.807) is 12.1 Å². The molecule has 8 nitrogen and oxygen atoms in total. The molecule has 32 heavy (non-hydrogen) atoms. The molecule has 1 aromatic carbocycles. The largest absolute Gasteiger partial charge is 0.493 e. The Labute approximate surface area is 189 Å². The van der Waals surface area contributed by atoms with Crippen molar-refractivity contribution < 1.29 is 22.6 Å². The number of piperidine rings is 1. The van der Waals surface area contributed by atoms with E-state index in [-0.39, 0.29) is 16.2 Å². The van der Waals surface area contributed by atoms with Gasteiger partial charge in [0.25, 0.3) is 0 Å². The summed E-state index contributed by atoms with van der Waals surface area (Å²) in [5.41, 5.74) is 0.673. The first-order chi connectivity index (χ1) is 15.4. The van der Waals surface area contributed by atoms with Gasteiger partial charge >= 0.3 is 0 Å². The van der Waals surface area contributed by atoms with E-state index in [1.165, 1.54) is 19.5 Å². The van der Waals surface area contributed by atoms with Gasteiger partial charge in [-0.3, -0.25) is 0 Å². The van der Waals surface area contributed by atoms with Crippen molar-refractivity contribution in [3.63, 3.8) is 0 Å². The molecule has 2 aliphatic heterocycles. The Hall–Kier alpha value is -2.33. The van der Waals surface area contributed by atoms with E-state index in [0.29, 0.717) is 53.7 Å². The highest BCUT2D eigenvalue weighted by Crippen LogP contribution is 2.40. The Bertz CT molecular complexity index is 1110. The molecular formula is C22H26BN3O5S.